The highest BCUT2D eigenvalue weighted by Gasteiger charge is 2.48. The molecule has 1 saturated carbocycles. The second-order valence-corrected chi connectivity index (χ2v) is 6.84. The average molecular weight is 386 g/mol. The summed E-state index contributed by atoms with van der Waals surface area (Å²) in [5.41, 5.74) is -0.381. The molecule has 2 aromatic carbocycles. The second-order valence-electron chi connectivity index (χ2n) is 6.43. The normalized spacial score (nSPS) is 19.3. The van der Waals surface area contributed by atoms with E-state index in [0.29, 0.717) is 6.42 Å². The molecule has 1 fully saturated rings. The Morgan fingerprint density at radius 3 is 2.54 bits per heavy atom. The Balaban J connectivity index is 1.74. The van der Waals surface area contributed by atoms with E-state index in [-0.39, 0.29) is 28.6 Å². The van der Waals surface area contributed by atoms with Crippen LogP contribution in [0.4, 0.5) is 17.6 Å². The van der Waals surface area contributed by atoms with Gasteiger partial charge in [-0.25, -0.2) is 4.39 Å². The molecular weight excluding hydrogens is 370 g/mol. The summed E-state index contributed by atoms with van der Waals surface area (Å²) in [6.45, 7) is -0.0333. The Kier molecular flexibility index (Phi) is 4.97. The minimum Gasteiger partial charge on any atom is -0.341 e. The van der Waals surface area contributed by atoms with Gasteiger partial charge in [0.2, 0.25) is 5.91 Å². The van der Waals surface area contributed by atoms with Crippen LogP contribution in [0.25, 0.3) is 0 Å². The number of benzene rings is 2. The molecule has 0 saturated heterocycles. The number of amides is 1. The first-order valence-corrected chi connectivity index (χ1v) is 8.42. The molecule has 26 heavy (non-hydrogen) atoms. The van der Waals surface area contributed by atoms with E-state index >= 15 is 0 Å². The summed E-state index contributed by atoms with van der Waals surface area (Å²) in [4.78, 5) is 13.9. The molecule has 1 aliphatic rings. The van der Waals surface area contributed by atoms with Crippen molar-refractivity contribution in [1.29, 1.82) is 0 Å². The fourth-order valence-electron chi connectivity index (χ4n) is 3.17. The van der Waals surface area contributed by atoms with E-state index in [1.54, 1.807) is 0 Å². The van der Waals surface area contributed by atoms with Crippen molar-refractivity contribution in [3.05, 3.63) is 70.0 Å². The fourth-order valence-corrected chi connectivity index (χ4v) is 3.39. The standard InChI is InChI=1S/C19H16ClF4NO/c1-25(10-14-16(20)7-4-8-17(14)21)18(26)13-9-12(13)11-5-2-3-6-15(11)19(22,23)24/h2-8,12-13H,9-10H2,1H3. The lowest BCUT2D eigenvalue weighted by Gasteiger charge is -2.19. The van der Waals surface area contributed by atoms with Gasteiger partial charge in [-0.3, -0.25) is 4.79 Å². The van der Waals surface area contributed by atoms with E-state index in [4.69, 9.17) is 11.6 Å². The Labute approximate surface area is 153 Å². The van der Waals surface area contributed by atoms with Gasteiger partial charge in [-0.1, -0.05) is 35.9 Å². The van der Waals surface area contributed by atoms with Crippen LogP contribution in [0, 0.1) is 11.7 Å². The van der Waals surface area contributed by atoms with Gasteiger partial charge in [0.15, 0.2) is 0 Å². The SMILES string of the molecule is CN(Cc1c(F)cccc1Cl)C(=O)C1CC1c1ccccc1C(F)(F)F. The van der Waals surface area contributed by atoms with Gasteiger partial charge >= 0.3 is 6.18 Å². The molecule has 0 heterocycles. The molecule has 3 rings (SSSR count). The summed E-state index contributed by atoms with van der Waals surface area (Å²) < 4.78 is 53.3. The van der Waals surface area contributed by atoms with Gasteiger partial charge in [-0.2, -0.15) is 13.2 Å². The molecule has 2 unspecified atom stereocenters. The van der Waals surface area contributed by atoms with Gasteiger partial charge < -0.3 is 4.90 Å². The van der Waals surface area contributed by atoms with E-state index in [2.05, 4.69) is 0 Å². The van der Waals surface area contributed by atoms with E-state index in [0.717, 1.165) is 6.07 Å². The number of halogens is 5. The van der Waals surface area contributed by atoms with Crippen LogP contribution >= 0.6 is 11.6 Å². The molecule has 0 N–H and O–H groups in total. The maximum absolute atomic E-state index is 13.9. The topological polar surface area (TPSA) is 20.3 Å². The predicted molar refractivity (Wildman–Crippen MR) is 90.2 cm³/mol. The molecule has 0 spiro atoms. The summed E-state index contributed by atoms with van der Waals surface area (Å²) in [6, 6.07) is 9.54. The molecule has 2 atom stereocenters. The molecule has 0 radical (unpaired) electrons. The molecule has 0 aliphatic heterocycles. The van der Waals surface area contributed by atoms with Gasteiger partial charge in [-0.15, -0.1) is 0 Å². The molecule has 7 heteroatoms. The van der Waals surface area contributed by atoms with Crippen molar-refractivity contribution in [3.8, 4) is 0 Å². The van der Waals surface area contributed by atoms with Gasteiger partial charge in [0.1, 0.15) is 5.82 Å². The number of nitrogens with zero attached hydrogens (tertiary/aromatic N) is 1. The highest BCUT2D eigenvalue weighted by atomic mass is 35.5. The summed E-state index contributed by atoms with van der Waals surface area (Å²) in [7, 11) is 1.50. The number of hydrogen-bond acceptors (Lipinski definition) is 1. The Hall–Kier alpha value is -2.08. The number of alkyl halides is 3. The van der Waals surface area contributed by atoms with Gasteiger partial charge in [-0.05, 0) is 36.1 Å². The quantitative estimate of drug-likeness (QED) is 0.657. The van der Waals surface area contributed by atoms with Crippen molar-refractivity contribution >= 4 is 17.5 Å². The van der Waals surface area contributed by atoms with Crippen molar-refractivity contribution < 1.29 is 22.4 Å². The Morgan fingerprint density at radius 1 is 1.19 bits per heavy atom. The van der Waals surface area contributed by atoms with Crippen LogP contribution in [0.1, 0.15) is 29.0 Å². The fraction of sp³-hybridized carbons (Fsp3) is 0.316. The largest absolute Gasteiger partial charge is 0.416 e. The zero-order valence-corrected chi connectivity index (χ0v) is 14.6. The van der Waals surface area contributed by atoms with Crippen molar-refractivity contribution in [3.63, 3.8) is 0 Å². The van der Waals surface area contributed by atoms with Crippen molar-refractivity contribution in [1.82, 2.24) is 4.90 Å². The predicted octanol–water partition coefficient (Wildman–Crippen LogP) is 5.26. The third kappa shape index (κ3) is 3.70. The molecule has 2 nitrogen and oxygen atoms in total. The Bertz CT molecular complexity index is 816. The smallest absolute Gasteiger partial charge is 0.341 e. The molecule has 0 aromatic heterocycles. The summed E-state index contributed by atoms with van der Waals surface area (Å²) in [6.07, 6.45) is -4.11. The summed E-state index contributed by atoms with van der Waals surface area (Å²) in [5.74, 6) is -1.84. The first-order chi connectivity index (χ1) is 12.2. The van der Waals surface area contributed by atoms with Crippen molar-refractivity contribution in [2.24, 2.45) is 5.92 Å². The minimum absolute atomic E-state index is 0.0333. The third-order valence-corrected chi connectivity index (χ3v) is 4.96. The third-order valence-electron chi connectivity index (χ3n) is 4.61. The van der Waals surface area contributed by atoms with Crippen LogP contribution in [0.5, 0.6) is 0 Å². The zero-order chi connectivity index (χ0) is 19.1. The lowest BCUT2D eigenvalue weighted by Crippen LogP contribution is -2.28. The first kappa shape index (κ1) is 18.7. The molecule has 1 aliphatic carbocycles. The molecule has 138 valence electrons. The van der Waals surface area contributed by atoms with Crippen molar-refractivity contribution in [2.75, 3.05) is 7.05 Å². The van der Waals surface area contributed by atoms with Crippen LogP contribution < -0.4 is 0 Å². The number of hydrogen-bond donors (Lipinski definition) is 0. The highest BCUT2D eigenvalue weighted by molar-refractivity contribution is 6.31. The lowest BCUT2D eigenvalue weighted by atomic mass is 10.0. The van der Waals surface area contributed by atoms with Crippen LogP contribution in [0.15, 0.2) is 42.5 Å². The van der Waals surface area contributed by atoms with Gasteiger partial charge in [0.05, 0.1) is 5.56 Å². The monoisotopic (exact) mass is 385 g/mol. The first-order valence-electron chi connectivity index (χ1n) is 8.04. The van der Waals surface area contributed by atoms with E-state index in [1.807, 2.05) is 0 Å². The van der Waals surface area contributed by atoms with Crippen LogP contribution in [-0.2, 0) is 17.5 Å². The molecular formula is C19H16ClF4NO. The van der Waals surface area contributed by atoms with Gasteiger partial charge in [0, 0.05) is 30.1 Å². The summed E-state index contributed by atoms with van der Waals surface area (Å²) >= 11 is 5.97. The molecule has 1 amide bonds. The minimum atomic E-state index is -4.46. The number of carbonyl (C=O) groups is 1. The maximum atomic E-state index is 13.9. The zero-order valence-electron chi connectivity index (χ0n) is 13.9. The summed E-state index contributed by atoms with van der Waals surface area (Å²) in [5, 5.41) is 0.208. The van der Waals surface area contributed by atoms with Crippen molar-refractivity contribution in [2.45, 2.75) is 25.1 Å². The van der Waals surface area contributed by atoms with Gasteiger partial charge in [0.25, 0.3) is 0 Å². The van der Waals surface area contributed by atoms with Crippen LogP contribution in [0.2, 0.25) is 5.02 Å². The number of carbonyl (C=O) groups excluding carboxylic acids is 1. The second kappa shape index (κ2) is 6.91. The van der Waals surface area contributed by atoms with E-state index in [1.165, 1.54) is 48.3 Å². The Morgan fingerprint density at radius 2 is 1.88 bits per heavy atom. The maximum Gasteiger partial charge on any atom is 0.416 e. The lowest BCUT2D eigenvalue weighted by molar-refractivity contribution is -0.138. The molecule has 2 aromatic rings. The number of rotatable bonds is 4. The van der Waals surface area contributed by atoms with E-state index in [9.17, 15) is 22.4 Å². The van der Waals surface area contributed by atoms with Crippen LogP contribution in [0.3, 0.4) is 0 Å². The highest BCUT2D eigenvalue weighted by Crippen LogP contribution is 2.51. The molecule has 0 bridgehead atoms. The van der Waals surface area contributed by atoms with E-state index < -0.39 is 29.4 Å². The average Bonchev–Trinajstić information content (AvgIpc) is 3.37. The van der Waals surface area contributed by atoms with Crippen LogP contribution in [-0.4, -0.2) is 17.9 Å².